The van der Waals surface area contributed by atoms with E-state index < -0.39 is 11.6 Å². The van der Waals surface area contributed by atoms with Crippen molar-refractivity contribution in [3.63, 3.8) is 0 Å². The van der Waals surface area contributed by atoms with E-state index in [9.17, 15) is 14.4 Å². The Morgan fingerprint density at radius 3 is 2.52 bits per heavy atom. The van der Waals surface area contributed by atoms with E-state index in [4.69, 9.17) is 0 Å². The molecule has 0 spiro atoms. The molecule has 3 aliphatic rings. The van der Waals surface area contributed by atoms with Gasteiger partial charge >= 0.3 is 6.03 Å². The van der Waals surface area contributed by atoms with E-state index in [1.807, 2.05) is 11.8 Å². The summed E-state index contributed by atoms with van der Waals surface area (Å²) in [7, 11) is 0. The highest BCUT2D eigenvalue weighted by Gasteiger charge is 2.49. The molecule has 3 saturated heterocycles. The highest BCUT2D eigenvalue weighted by Crippen LogP contribution is 2.30. The molecule has 128 valence electrons. The van der Waals surface area contributed by atoms with Crippen molar-refractivity contribution in [2.75, 3.05) is 26.2 Å². The Bertz CT molecular complexity index is 517. The van der Waals surface area contributed by atoms with Crippen molar-refractivity contribution in [1.29, 1.82) is 0 Å². The van der Waals surface area contributed by atoms with Gasteiger partial charge in [-0.25, -0.2) is 4.79 Å². The van der Waals surface area contributed by atoms with Crippen molar-refractivity contribution < 1.29 is 14.4 Å². The molecule has 7 heteroatoms. The van der Waals surface area contributed by atoms with Crippen LogP contribution in [0.2, 0.25) is 0 Å². The predicted octanol–water partition coefficient (Wildman–Crippen LogP) is 0.307. The summed E-state index contributed by atoms with van der Waals surface area (Å²) in [6, 6.07) is -0.588. The van der Waals surface area contributed by atoms with Crippen LogP contribution >= 0.6 is 0 Å². The number of likely N-dealkylation sites (tertiary alicyclic amines) is 2. The first-order valence-electron chi connectivity index (χ1n) is 8.58. The van der Waals surface area contributed by atoms with Crippen LogP contribution in [0.5, 0.6) is 0 Å². The molecule has 0 saturated carbocycles. The number of hydrogen-bond donors (Lipinski definition) is 2. The number of hydrogen-bond acceptors (Lipinski definition) is 4. The normalized spacial score (nSPS) is 33.5. The molecule has 3 atom stereocenters. The van der Waals surface area contributed by atoms with Gasteiger partial charge in [0.25, 0.3) is 5.91 Å². The number of piperidine rings is 1. The second-order valence-electron chi connectivity index (χ2n) is 7.15. The van der Waals surface area contributed by atoms with Crippen molar-refractivity contribution in [3.8, 4) is 0 Å². The fraction of sp³-hybridized carbons (Fsp3) is 0.812. The molecule has 0 aliphatic carbocycles. The van der Waals surface area contributed by atoms with E-state index in [2.05, 4.69) is 15.5 Å². The summed E-state index contributed by atoms with van der Waals surface area (Å²) in [4.78, 5) is 40.3. The molecular formula is C16H26N4O3. The van der Waals surface area contributed by atoms with Crippen LogP contribution in [0.25, 0.3) is 0 Å². The average Bonchev–Trinajstić information content (AvgIpc) is 3.15. The summed E-state index contributed by atoms with van der Waals surface area (Å²) in [5.74, 6) is -0.0439. The van der Waals surface area contributed by atoms with Gasteiger partial charge < -0.3 is 10.2 Å². The molecule has 0 aromatic heterocycles. The molecule has 3 heterocycles. The number of imide groups is 1. The highest BCUT2D eigenvalue weighted by molar-refractivity contribution is 6.07. The van der Waals surface area contributed by atoms with Crippen LogP contribution in [0.15, 0.2) is 0 Å². The zero-order chi connectivity index (χ0) is 16.6. The van der Waals surface area contributed by atoms with E-state index in [0.717, 1.165) is 45.3 Å². The first-order valence-corrected chi connectivity index (χ1v) is 8.58. The van der Waals surface area contributed by atoms with Crippen LogP contribution in [0.1, 0.15) is 39.5 Å². The quantitative estimate of drug-likeness (QED) is 0.733. The highest BCUT2D eigenvalue weighted by atomic mass is 16.2. The van der Waals surface area contributed by atoms with Crippen LogP contribution in [-0.2, 0) is 9.59 Å². The fourth-order valence-electron chi connectivity index (χ4n) is 4.03. The Hall–Kier alpha value is -1.63. The lowest BCUT2D eigenvalue weighted by Crippen LogP contribution is -2.58. The first-order chi connectivity index (χ1) is 10.9. The monoisotopic (exact) mass is 322 g/mol. The molecule has 7 nitrogen and oxygen atoms in total. The van der Waals surface area contributed by atoms with E-state index in [1.165, 1.54) is 0 Å². The number of carbonyl (C=O) groups excluding carboxylic acids is 3. The number of carbonyl (C=O) groups is 3. The molecular weight excluding hydrogens is 296 g/mol. The molecule has 0 radical (unpaired) electrons. The number of urea groups is 1. The number of nitrogens with zero attached hydrogens (tertiary/aromatic N) is 2. The third-order valence-corrected chi connectivity index (χ3v) is 5.66. The van der Waals surface area contributed by atoms with E-state index in [-0.39, 0.29) is 23.8 Å². The lowest BCUT2D eigenvalue weighted by Gasteiger charge is -2.42. The van der Waals surface area contributed by atoms with Gasteiger partial charge in [0.15, 0.2) is 0 Å². The second-order valence-corrected chi connectivity index (χ2v) is 7.15. The smallest absolute Gasteiger partial charge is 0.322 e. The zero-order valence-electron chi connectivity index (χ0n) is 13.9. The second kappa shape index (κ2) is 6.11. The Labute approximate surface area is 136 Å². The van der Waals surface area contributed by atoms with Crippen molar-refractivity contribution in [2.24, 2.45) is 5.92 Å². The molecule has 2 N–H and O–H groups in total. The summed E-state index contributed by atoms with van der Waals surface area (Å²) in [6.07, 6.45) is 3.99. The molecule has 23 heavy (non-hydrogen) atoms. The summed E-state index contributed by atoms with van der Waals surface area (Å²) in [5.41, 5.74) is -0.869. The maximum atomic E-state index is 12.6. The van der Waals surface area contributed by atoms with Gasteiger partial charge in [0.2, 0.25) is 5.91 Å². The van der Waals surface area contributed by atoms with Gasteiger partial charge in [-0.15, -0.1) is 0 Å². The fourth-order valence-corrected chi connectivity index (χ4v) is 4.03. The topological polar surface area (TPSA) is 81.8 Å². The van der Waals surface area contributed by atoms with Gasteiger partial charge in [-0.2, -0.15) is 0 Å². The molecule has 3 fully saturated rings. The van der Waals surface area contributed by atoms with Gasteiger partial charge in [-0.3, -0.25) is 19.8 Å². The number of amides is 4. The minimum absolute atomic E-state index is 0.0246. The zero-order valence-corrected chi connectivity index (χ0v) is 13.9. The molecule has 3 aliphatic heterocycles. The maximum absolute atomic E-state index is 12.6. The lowest BCUT2D eigenvalue weighted by atomic mass is 9.79. The van der Waals surface area contributed by atoms with E-state index >= 15 is 0 Å². The van der Waals surface area contributed by atoms with Gasteiger partial charge in [-0.1, -0.05) is 0 Å². The Morgan fingerprint density at radius 2 is 1.91 bits per heavy atom. The van der Waals surface area contributed by atoms with E-state index in [0.29, 0.717) is 6.54 Å². The summed E-state index contributed by atoms with van der Waals surface area (Å²) < 4.78 is 0. The summed E-state index contributed by atoms with van der Waals surface area (Å²) in [5, 5.41) is 5.11. The van der Waals surface area contributed by atoms with Crippen molar-refractivity contribution in [2.45, 2.75) is 51.1 Å². The van der Waals surface area contributed by atoms with Crippen molar-refractivity contribution in [1.82, 2.24) is 20.4 Å². The average molecular weight is 322 g/mol. The molecule has 0 unspecified atom stereocenters. The minimum atomic E-state index is -0.869. The lowest BCUT2D eigenvalue weighted by molar-refractivity contribution is -0.136. The van der Waals surface area contributed by atoms with Gasteiger partial charge in [0.05, 0.1) is 6.04 Å². The third-order valence-electron chi connectivity index (χ3n) is 5.66. The van der Waals surface area contributed by atoms with Crippen molar-refractivity contribution in [3.05, 3.63) is 0 Å². The summed E-state index contributed by atoms with van der Waals surface area (Å²) in [6.45, 7) is 6.98. The first kappa shape index (κ1) is 16.2. The van der Waals surface area contributed by atoms with Crippen LogP contribution in [0.4, 0.5) is 4.79 Å². The molecule has 0 aromatic rings. The summed E-state index contributed by atoms with van der Waals surface area (Å²) >= 11 is 0. The number of rotatable bonds is 3. The van der Waals surface area contributed by atoms with Crippen molar-refractivity contribution >= 4 is 17.8 Å². The predicted molar refractivity (Wildman–Crippen MR) is 84.7 cm³/mol. The third kappa shape index (κ3) is 2.94. The molecule has 0 aromatic carbocycles. The molecule has 4 amide bonds. The molecule has 3 rings (SSSR count). The van der Waals surface area contributed by atoms with Crippen LogP contribution in [0, 0.1) is 5.92 Å². The minimum Gasteiger partial charge on any atom is -0.341 e. The van der Waals surface area contributed by atoms with E-state index in [1.54, 1.807) is 6.92 Å². The SMILES string of the molecule is C[C@H](C(=O)N1CCCC1)N1CCC[C@@H]([C@@]2(C)NC(=O)NC2=O)C1. The van der Waals surface area contributed by atoms with Crippen LogP contribution < -0.4 is 10.6 Å². The Balaban J connectivity index is 1.67. The number of nitrogens with one attached hydrogen (secondary N) is 2. The van der Waals surface area contributed by atoms with Crippen LogP contribution in [0.3, 0.4) is 0 Å². The molecule has 0 bridgehead atoms. The van der Waals surface area contributed by atoms with Gasteiger partial charge in [0, 0.05) is 25.6 Å². The van der Waals surface area contributed by atoms with Gasteiger partial charge in [0.1, 0.15) is 5.54 Å². The maximum Gasteiger partial charge on any atom is 0.322 e. The Morgan fingerprint density at radius 1 is 1.22 bits per heavy atom. The standard InChI is InChI=1S/C16H26N4O3/c1-11(13(21)19-7-3-4-8-19)20-9-5-6-12(10-20)16(2)14(22)17-15(23)18-16/h11-12H,3-10H2,1-2H3,(H2,17,18,22,23)/t11-,12-,16-/m1/s1. The van der Waals surface area contributed by atoms with Gasteiger partial charge in [-0.05, 0) is 46.1 Å². The largest absolute Gasteiger partial charge is 0.341 e. The Kier molecular flexibility index (Phi) is 4.31. The van der Waals surface area contributed by atoms with Crippen LogP contribution in [-0.4, -0.2) is 65.4 Å².